The van der Waals surface area contributed by atoms with Gasteiger partial charge in [-0.3, -0.25) is 9.10 Å². The van der Waals surface area contributed by atoms with E-state index in [1.165, 1.54) is 37.6 Å². The molecule has 212 valence electrons. The molecule has 0 fully saturated rings. The number of ether oxygens (including phenoxy) is 3. The predicted molar refractivity (Wildman–Crippen MR) is 152 cm³/mol. The summed E-state index contributed by atoms with van der Waals surface area (Å²) in [6.07, 6.45) is 1.38. The largest absolute Gasteiger partial charge is 0.495 e. The van der Waals surface area contributed by atoms with Crippen LogP contribution in [0, 0.1) is 0 Å². The molecule has 0 saturated heterocycles. The van der Waals surface area contributed by atoms with Crippen LogP contribution in [0.15, 0.2) is 82.8 Å². The Morgan fingerprint density at radius 1 is 1.02 bits per heavy atom. The highest BCUT2D eigenvalue weighted by molar-refractivity contribution is 7.92. The van der Waals surface area contributed by atoms with Crippen LogP contribution in [0.25, 0.3) is 0 Å². The van der Waals surface area contributed by atoms with Gasteiger partial charge in [0.25, 0.3) is 15.9 Å². The van der Waals surface area contributed by atoms with Gasteiger partial charge < -0.3 is 14.2 Å². The Morgan fingerprint density at radius 3 is 2.33 bits per heavy atom. The van der Waals surface area contributed by atoms with Gasteiger partial charge in [0.05, 0.1) is 23.9 Å². The highest BCUT2D eigenvalue weighted by Crippen LogP contribution is 2.34. The number of sulfonamides is 1. The van der Waals surface area contributed by atoms with E-state index in [-0.39, 0.29) is 28.0 Å². The molecule has 10 nitrogen and oxygen atoms in total. The van der Waals surface area contributed by atoms with Gasteiger partial charge >= 0.3 is 5.97 Å². The molecule has 0 bridgehead atoms. The average Bonchev–Trinajstić information content (AvgIpc) is 2.90. The Kier molecular flexibility index (Phi) is 10.1. The predicted octanol–water partition coefficient (Wildman–Crippen LogP) is 4.41. The molecule has 0 aliphatic rings. The van der Waals surface area contributed by atoms with E-state index in [0.717, 1.165) is 4.31 Å². The minimum Gasteiger partial charge on any atom is -0.495 e. The van der Waals surface area contributed by atoms with E-state index in [1.54, 1.807) is 69.3 Å². The van der Waals surface area contributed by atoms with Gasteiger partial charge in [-0.1, -0.05) is 29.8 Å². The molecule has 0 spiro atoms. The van der Waals surface area contributed by atoms with Gasteiger partial charge in [-0.25, -0.2) is 18.6 Å². The third-order valence-electron chi connectivity index (χ3n) is 5.09. The first-order valence-corrected chi connectivity index (χ1v) is 13.9. The van der Waals surface area contributed by atoms with Crippen molar-refractivity contribution in [2.24, 2.45) is 5.10 Å². The number of methoxy groups -OCH3 is 1. The molecule has 40 heavy (non-hydrogen) atoms. The third-order valence-corrected chi connectivity index (χ3v) is 7.10. The maximum Gasteiger partial charge on any atom is 0.344 e. The van der Waals surface area contributed by atoms with Crippen molar-refractivity contribution in [1.82, 2.24) is 5.43 Å². The number of carbonyl (C=O) groups is 2. The first-order valence-electron chi connectivity index (χ1n) is 12.1. The smallest absolute Gasteiger partial charge is 0.344 e. The highest BCUT2D eigenvalue weighted by Gasteiger charge is 2.29. The van der Waals surface area contributed by atoms with Crippen molar-refractivity contribution < 1.29 is 32.2 Å². The summed E-state index contributed by atoms with van der Waals surface area (Å²) in [6, 6.07) is 18.8. The molecule has 0 saturated carbocycles. The molecule has 12 heteroatoms. The number of esters is 1. The molecule has 3 aromatic carbocycles. The lowest BCUT2D eigenvalue weighted by Gasteiger charge is -2.25. The zero-order valence-corrected chi connectivity index (χ0v) is 24.0. The second-order valence-corrected chi connectivity index (χ2v) is 11.7. The lowest BCUT2D eigenvalue weighted by atomic mass is 10.2. The number of benzene rings is 3. The molecule has 1 amide bonds. The number of halogens is 1. The van der Waals surface area contributed by atoms with Crippen LogP contribution >= 0.6 is 11.6 Å². The number of rotatable bonds is 11. The standard InChI is InChI=1S/C28H30ClN3O7S/c1-28(2,3)39-27(34)19-38-22-13-10-20(11-14-22)17-30-31-26(33)18-32(24-16-21(29)12-15-25(24)37-4)40(35,36)23-8-6-5-7-9-23/h5-17H,18-19H2,1-4H3,(H,31,33)/b30-17-. The normalized spacial score (nSPS) is 11.6. The van der Waals surface area contributed by atoms with Crippen LogP contribution in [-0.2, 0) is 24.3 Å². The second-order valence-electron chi connectivity index (χ2n) is 9.38. The summed E-state index contributed by atoms with van der Waals surface area (Å²) in [5, 5.41) is 4.19. The molecule has 0 aliphatic heterocycles. The Bertz CT molecular complexity index is 1460. The summed E-state index contributed by atoms with van der Waals surface area (Å²) < 4.78 is 43.9. The number of nitrogens with zero attached hydrogens (tertiary/aromatic N) is 2. The number of anilines is 1. The number of hydrazone groups is 1. The Hall–Kier alpha value is -4.09. The van der Waals surface area contributed by atoms with Crippen molar-refractivity contribution in [3.63, 3.8) is 0 Å². The molecule has 3 aromatic rings. The minimum absolute atomic E-state index is 0.0118. The number of hydrogen-bond acceptors (Lipinski definition) is 8. The van der Waals surface area contributed by atoms with E-state index in [0.29, 0.717) is 11.3 Å². The molecular weight excluding hydrogens is 558 g/mol. The Morgan fingerprint density at radius 2 is 1.70 bits per heavy atom. The monoisotopic (exact) mass is 587 g/mol. The number of carbonyl (C=O) groups excluding carboxylic acids is 2. The second kappa shape index (κ2) is 13.3. The average molecular weight is 588 g/mol. The topological polar surface area (TPSA) is 124 Å². The van der Waals surface area contributed by atoms with Crippen LogP contribution in [-0.4, -0.2) is 52.4 Å². The zero-order chi connectivity index (χ0) is 29.3. The molecular formula is C28H30ClN3O7S. The summed E-state index contributed by atoms with van der Waals surface area (Å²) in [4.78, 5) is 24.6. The van der Waals surface area contributed by atoms with Crippen molar-refractivity contribution in [1.29, 1.82) is 0 Å². The summed E-state index contributed by atoms with van der Waals surface area (Å²) in [5.41, 5.74) is 2.46. The maximum absolute atomic E-state index is 13.5. The van der Waals surface area contributed by atoms with Crippen LogP contribution < -0.4 is 19.2 Å². The lowest BCUT2D eigenvalue weighted by Crippen LogP contribution is -2.39. The fraction of sp³-hybridized carbons (Fsp3) is 0.250. The first-order chi connectivity index (χ1) is 18.9. The highest BCUT2D eigenvalue weighted by atomic mass is 35.5. The Labute approximate surface area is 238 Å². The summed E-state index contributed by atoms with van der Waals surface area (Å²) in [5.74, 6) is -0.520. The van der Waals surface area contributed by atoms with E-state index >= 15 is 0 Å². The van der Waals surface area contributed by atoms with Crippen molar-refractivity contribution >= 4 is 45.4 Å². The van der Waals surface area contributed by atoms with Gasteiger partial charge in [0.15, 0.2) is 6.61 Å². The number of amides is 1. The SMILES string of the molecule is COc1ccc(Cl)cc1N(CC(=O)N/N=C\c1ccc(OCC(=O)OC(C)(C)C)cc1)S(=O)(=O)c1ccccc1. The quantitative estimate of drug-likeness (QED) is 0.200. The lowest BCUT2D eigenvalue weighted by molar-refractivity contribution is -0.157. The summed E-state index contributed by atoms with van der Waals surface area (Å²) in [6.45, 7) is 4.48. The molecule has 0 aromatic heterocycles. The molecule has 0 unspecified atom stereocenters. The molecule has 0 aliphatic carbocycles. The van der Waals surface area contributed by atoms with Crippen LogP contribution in [0.5, 0.6) is 11.5 Å². The molecule has 0 heterocycles. The van der Waals surface area contributed by atoms with E-state index in [9.17, 15) is 18.0 Å². The Balaban J connectivity index is 1.70. The fourth-order valence-corrected chi connectivity index (χ4v) is 5.00. The van der Waals surface area contributed by atoms with Crippen molar-refractivity contribution in [3.05, 3.63) is 83.4 Å². The van der Waals surface area contributed by atoms with Gasteiger partial charge in [-0.2, -0.15) is 5.10 Å². The van der Waals surface area contributed by atoms with Crippen LogP contribution in [0.4, 0.5) is 5.69 Å². The first kappa shape index (κ1) is 30.5. The fourth-order valence-electron chi connectivity index (χ4n) is 3.39. The summed E-state index contributed by atoms with van der Waals surface area (Å²) >= 11 is 6.14. The number of hydrogen-bond donors (Lipinski definition) is 1. The molecule has 1 N–H and O–H groups in total. The van der Waals surface area contributed by atoms with Gasteiger partial charge in [0.1, 0.15) is 23.6 Å². The van der Waals surface area contributed by atoms with Crippen molar-refractivity contribution in [2.45, 2.75) is 31.3 Å². The van der Waals surface area contributed by atoms with Gasteiger partial charge in [-0.05, 0) is 80.9 Å². The third kappa shape index (κ3) is 8.72. The summed E-state index contributed by atoms with van der Waals surface area (Å²) in [7, 11) is -2.78. The van der Waals surface area contributed by atoms with Gasteiger partial charge in [-0.15, -0.1) is 0 Å². The van der Waals surface area contributed by atoms with E-state index in [1.807, 2.05) is 0 Å². The van der Waals surface area contributed by atoms with E-state index in [2.05, 4.69) is 10.5 Å². The van der Waals surface area contributed by atoms with E-state index in [4.69, 9.17) is 25.8 Å². The van der Waals surface area contributed by atoms with Gasteiger partial charge in [0.2, 0.25) is 0 Å². The zero-order valence-electron chi connectivity index (χ0n) is 22.5. The van der Waals surface area contributed by atoms with Crippen molar-refractivity contribution in [3.8, 4) is 11.5 Å². The maximum atomic E-state index is 13.5. The van der Waals surface area contributed by atoms with Crippen LogP contribution in [0.2, 0.25) is 5.02 Å². The number of nitrogens with one attached hydrogen (secondary N) is 1. The van der Waals surface area contributed by atoms with Gasteiger partial charge in [0, 0.05) is 5.02 Å². The minimum atomic E-state index is -4.17. The van der Waals surface area contributed by atoms with E-state index < -0.39 is 34.0 Å². The molecule has 0 atom stereocenters. The molecule has 0 radical (unpaired) electrons. The molecule has 3 rings (SSSR count). The van der Waals surface area contributed by atoms with Crippen LogP contribution in [0.3, 0.4) is 0 Å². The van der Waals surface area contributed by atoms with Crippen molar-refractivity contribution in [2.75, 3.05) is 24.6 Å². The van der Waals surface area contributed by atoms with Crippen LogP contribution in [0.1, 0.15) is 26.3 Å².